The van der Waals surface area contributed by atoms with Gasteiger partial charge in [0.25, 0.3) is 5.91 Å². The SMILES string of the molecule is Cc1nc2ccccc2c(C)c1C(=O)OCC(=O)N1c2ccccc2NC(=O)C[C@@H]1C. The molecule has 0 saturated heterocycles. The molecule has 2 amide bonds. The van der Waals surface area contributed by atoms with Crippen LogP contribution >= 0.6 is 0 Å². The fourth-order valence-electron chi connectivity index (χ4n) is 4.07. The van der Waals surface area contributed by atoms with Gasteiger partial charge in [-0.3, -0.25) is 14.6 Å². The van der Waals surface area contributed by atoms with Gasteiger partial charge in [-0.15, -0.1) is 0 Å². The zero-order valence-corrected chi connectivity index (χ0v) is 17.6. The van der Waals surface area contributed by atoms with Gasteiger partial charge in [0.2, 0.25) is 5.91 Å². The lowest BCUT2D eigenvalue weighted by Gasteiger charge is -2.27. The molecular weight excluding hydrogens is 394 g/mol. The molecule has 0 saturated carbocycles. The number of hydrogen-bond acceptors (Lipinski definition) is 5. The molecule has 2 aromatic carbocycles. The van der Waals surface area contributed by atoms with Crippen molar-refractivity contribution >= 4 is 40.1 Å². The molecule has 0 radical (unpaired) electrons. The molecule has 1 N–H and O–H groups in total. The van der Waals surface area contributed by atoms with Gasteiger partial charge in [-0.2, -0.15) is 0 Å². The molecule has 3 aromatic rings. The molecule has 0 bridgehead atoms. The Morgan fingerprint density at radius 2 is 1.84 bits per heavy atom. The third-order valence-corrected chi connectivity index (χ3v) is 5.49. The number of fused-ring (bicyclic) bond motifs is 2. The van der Waals surface area contributed by atoms with Crippen LogP contribution in [0.15, 0.2) is 48.5 Å². The average Bonchev–Trinajstić information content (AvgIpc) is 2.86. The molecule has 0 unspecified atom stereocenters. The topological polar surface area (TPSA) is 88.6 Å². The first kappa shape index (κ1) is 20.5. The highest BCUT2D eigenvalue weighted by Crippen LogP contribution is 2.31. The summed E-state index contributed by atoms with van der Waals surface area (Å²) >= 11 is 0. The summed E-state index contributed by atoms with van der Waals surface area (Å²) in [6, 6.07) is 14.3. The van der Waals surface area contributed by atoms with E-state index >= 15 is 0 Å². The summed E-state index contributed by atoms with van der Waals surface area (Å²) in [6.07, 6.45) is 0.154. The average molecular weight is 417 g/mol. The Morgan fingerprint density at radius 3 is 2.65 bits per heavy atom. The predicted molar refractivity (Wildman–Crippen MR) is 118 cm³/mol. The number of nitrogens with zero attached hydrogens (tertiary/aromatic N) is 2. The maximum Gasteiger partial charge on any atom is 0.340 e. The van der Waals surface area contributed by atoms with Crippen LogP contribution in [0.25, 0.3) is 10.9 Å². The quantitative estimate of drug-likeness (QED) is 0.656. The molecule has 7 nitrogen and oxygen atoms in total. The number of amides is 2. The molecule has 1 aliphatic rings. The lowest BCUT2D eigenvalue weighted by molar-refractivity contribution is -0.122. The van der Waals surface area contributed by atoms with Crippen LogP contribution in [-0.2, 0) is 14.3 Å². The number of carbonyl (C=O) groups is 3. The van der Waals surface area contributed by atoms with Crippen LogP contribution in [0.2, 0.25) is 0 Å². The molecule has 1 aromatic heterocycles. The second kappa shape index (κ2) is 8.18. The number of nitrogens with one attached hydrogen (secondary N) is 1. The van der Waals surface area contributed by atoms with Gasteiger partial charge in [0.15, 0.2) is 6.61 Å². The van der Waals surface area contributed by atoms with Crippen LogP contribution in [0.3, 0.4) is 0 Å². The second-order valence-corrected chi connectivity index (χ2v) is 7.67. The van der Waals surface area contributed by atoms with Gasteiger partial charge in [-0.25, -0.2) is 4.79 Å². The largest absolute Gasteiger partial charge is 0.452 e. The molecule has 1 atom stereocenters. The van der Waals surface area contributed by atoms with Crippen molar-refractivity contribution in [1.82, 2.24) is 4.98 Å². The second-order valence-electron chi connectivity index (χ2n) is 7.67. The first-order chi connectivity index (χ1) is 14.9. The third-order valence-electron chi connectivity index (χ3n) is 5.49. The van der Waals surface area contributed by atoms with Crippen molar-refractivity contribution in [3.05, 3.63) is 65.4 Å². The van der Waals surface area contributed by atoms with E-state index in [1.807, 2.05) is 31.2 Å². The van der Waals surface area contributed by atoms with Gasteiger partial charge in [-0.05, 0) is 44.5 Å². The fraction of sp³-hybridized carbons (Fsp3) is 0.250. The lowest BCUT2D eigenvalue weighted by Crippen LogP contribution is -2.41. The minimum Gasteiger partial charge on any atom is -0.452 e. The Morgan fingerprint density at radius 1 is 1.13 bits per heavy atom. The first-order valence-electron chi connectivity index (χ1n) is 10.1. The summed E-state index contributed by atoms with van der Waals surface area (Å²) in [6.45, 7) is 4.96. The number of esters is 1. The number of anilines is 2. The Labute approximate surface area is 180 Å². The van der Waals surface area contributed by atoms with E-state index in [1.165, 1.54) is 4.90 Å². The first-order valence-corrected chi connectivity index (χ1v) is 10.1. The number of aryl methyl sites for hydroxylation is 2. The van der Waals surface area contributed by atoms with Crippen molar-refractivity contribution in [2.75, 3.05) is 16.8 Å². The molecule has 4 rings (SSSR count). The molecule has 0 aliphatic carbocycles. The fourth-order valence-corrected chi connectivity index (χ4v) is 4.07. The molecule has 0 fully saturated rings. The summed E-state index contributed by atoms with van der Waals surface area (Å²) in [5, 5.41) is 3.68. The minimum absolute atomic E-state index is 0.154. The van der Waals surface area contributed by atoms with Crippen LogP contribution in [0, 0.1) is 13.8 Å². The number of rotatable bonds is 3. The van der Waals surface area contributed by atoms with E-state index < -0.39 is 18.5 Å². The molecular formula is C24H23N3O4. The van der Waals surface area contributed by atoms with Crippen molar-refractivity contribution in [2.24, 2.45) is 0 Å². The van der Waals surface area contributed by atoms with E-state index in [0.29, 0.717) is 22.6 Å². The Hall–Kier alpha value is -3.74. The number of aromatic nitrogens is 1. The molecule has 0 spiro atoms. The maximum absolute atomic E-state index is 13.0. The standard InChI is InChI=1S/C24H23N3O4/c1-14-12-21(28)26-19-10-6-7-11-20(19)27(14)22(29)13-31-24(30)23-15(2)17-8-4-5-9-18(17)25-16(23)3/h4-11,14H,12-13H2,1-3H3,(H,26,28)/t14-/m0/s1. The van der Waals surface area contributed by atoms with E-state index in [-0.39, 0.29) is 18.4 Å². The number of hydrogen-bond donors (Lipinski definition) is 1. The van der Waals surface area contributed by atoms with Crippen molar-refractivity contribution in [3.63, 3.8) is 0 Å². The van der Waals surface area contributed by atoms with E-state index in [1.54, 1.807) is 38.1 Å². The highest BCUT2D eigenvalue weighted by molar-refractivity contribution is 6.06. The van der Waals surface area contributed by atoms with Gasteiger partial charge in [0, 0.05) is 17.8 Å². The van der Waals surface area contributed by atoms with Crippen molar-refractivity contribution in [2.45, 2.75) is 33.2 Å². The molecule has 2 heterocycles. The van der Waals surface area contributed by atoms with E-state index in [4.69, 9.17) is 4.74 Å². The monoisotopic (exact) mass is 417 g/mol. The summed E-state index contributed by atoms with van der Waals surface area (Å²) in [5.41, 5.74) is 3.63. The lowest BCUT2D eigenvalue weighted by atomic mass is 10.0. The van der Waals surface area contributed by atoms with E-state index in [2.05, 4.69) is 10.3 Å². The zero-order chi connectivity index (χ0) is 22.1. The summed E-state index contributed by atoms with van der Waals surface area (Å²) in [5.74, 6) is -1.15. The van der Waals surface area contributed by atoms with Crippen molar-refractivity contribution < 1.29 is 19.1 Å². The van der Waals surface area contributed by atoms with Gasteiger partial charge in [-0.1, -0.05) is 30.3 Å². The Kier molecular flexibility index (Phi) is 5.42. The minimum atomic E-state index is -0.591. The van der Waals surface area contributed by atoms with Crippen LogP contribution in [0.5, 0.6) is 0 Å². The number of carbonyl (C=O) groups excluding carboxylic acids is 3. The third kappa shape index (κ3) is 3.86. The molecule has 7 heteroatoms. The highest BCUT2D eigenvalue weighted by atomic mass is 16.5. The maximum atomic E-state index is 13.0. The van der Waals surface area contributed by atoms with E-state index in [9.17, 15) is 14.4 Å². The Balaban J connectivity index is 1.57. The smallest absolute Gasteiger partial charge is 0.340 e. The van der Waals surface area contributed by atoms with Crippen LogP contribution in [-0.4, -0.2) is 35.4 Å². The molecule has 158 valence electrons. The van der Waals surface area contributed by atoms with E-state index in [0.717, 1.165) is 16.5 Å². The number of pyridine rings is 1. The van der Waals surface area contributed by atoms with Crippen molar-refractivity contribution in [1.29, 1.82) is 0 Å². The number of para-hydroxylation sites is 3. The summed E-state index contributed by atoms with van der Waals surface area (Å²) < 4.78 is 5.41. The predicted octanol–water partition coefficient (Wildman–Crippen LogP) is 3.77. The van der Waals surface area contributed by atoms with Crippen LogP contribution in [0.4, 0.5) is 11.4 Å². The van der Waals surface area contributed by atoms with Crippen LogP contribution in [0.1, 0.15) is 35.0 Å². The molecule has 31 heavy (non-hydrogen) atoms. The van der Waals surface area contributed by atoms with Gasteiger partial charge in [0.1, 0.15) is 0 Å². The number of benzene rings is 2. The summed E-state index contributed by atoms with van der Waals surface area (Å²) in [7, 11) is 0. The highest BCUT2D eigenvalue weighted by Gasteiger charge is 2.30. The van der Waals surface area contributed by atoms with Crippen molar-refractivity contribution in [3.8, 4) is 0 Å². The zero-order valence-electron chi connectivity index (χ0n) is 17.6. The van der Waals surface area contributed by atoms with Gasteiger partial charge in [0.05, 0.1) is 28.1 Å². The number of ether oxygens (including phenoxy) is 1. The van der Waals surface area contributed by atoms with Gasteiger partial charge >= 0.3 is 5.97 Å². The summed E-state index contributed by atoms with van der Waals surface area (Å²) in [4.78, 5) is 44.0. The normalized spacial score (nSPS) is 15.8. The molecule has 1 aliphatic heterocycles. The Bertz CT molecular complexity index is 1200. The van der Waals surface area contributed by atoms with Gasteiger partial charge < -0.3 is 15.0 Å². The van der Waals surface area contributed by atoms with Crippen LogP contribution < -0.4 is 10.2 Å².